The summed E-state index contributed by atoms with van der Waals surface area (Å²) in [6.07, 6.45) is 5.82. The van der Waals surface area contributed by atoms with Gasteiger partial charge in [-0.15, -0.1) is 17.0 Å². The summed E-state index contributed by atoms with van der Waals surface area (Å²) in [5.74, 6) is 0. The van der Waals surface area contributed by atoms with Crippen LogP contribution in [0.25, 0.3) is 0 Å². The third-order valence-electron chi connectivity index (χ3n) is 1.96. The molecule has 0 fully saturated rings. The molecule has 2 aromatic heterocycles. The smallest absolute Gasteiger partial charge is 0.322 e. The average molecular weight is 356 g/mol. The number of hydrogen-bond acceptors (Lipinski definition) is 4. The Balaban J connectivity index is 0.00000162. The van der Waals surface area contributed by atoms with Crippen LogP contribution in [-0.2, 0) is 13.6 Å². The van der Waals surface area contributed by atoms with Crippen molar-refractivity contribution in [2.24, 2.45) is 7.05 Å². The molecule has 0 aromatic carbocycles. The summed E-state index contributed by atoms with van der Waals surface area (Å²) < 4.78 is 9.24. The van der Waals surface area contributed by atoms with E-state index < -0.39 is 0 Å². The number of aromatic nitrogens is 5. The maximum atomic E-state index is 5.61. The number of nitrogens with zero attached hydrogens (tertiary/aromatic N) is 5. The van der Waals surface area contributed by atoms with Gasteiger partial charge in [0, 0.05) is 0 Å². The minimum absolute atomic E-state index is 0. The molecule has 0 atom stereocenters. The van der Waals surface area contributed by atoms with E-state index in [-0.39, 0.29) is 33.6 Å². The van der Waals surface area contributed by atoms with E-state index in [1.807, 2.05) is 34.9 Å². The lowest BCUT2D eigenvalue weighted by molar-refractivity contribution is -0.671. The number of ether oxygens (including phenoxy) is 1. The molecule has 0 aliphatic rings. The van der Waals surface area contributed by atoms with Gasteiger partial charge >= 0.3 is 6.01 Å². The summed E-state index contributed by atoms with van der Waals surface area (Å²) in [5.41, 5.74) is 0. The Bertz CT molecular complexity index is 501. The van der Waals surface area contributed by atoms with Crippen LogP contribution in [0.1, 0.15) is 0 Å². The van der Waals surface area contributed by atoms with Crippen molar-refractivity contribution in [2.45, 2.75) is 6.54 Å². The van der Waals surface area contributed by atoms with Gasteiger partial charge in [-0.3, -0.25) is 0 Å². The van der Waals surface area contributed by atoms with Crippen LogP contribution in [0.3, 0.4) is 0 Å². The van der Waals surface area contributed by atoms with Crippen molar-refractivity contribution in [3.8, 4) is 6.01 Å². The summed E-state index contributed by atoms with van der Waals surface area (Å²) in [6, 6.07) is 0.131. The second-order valence-electron chi connectivity index (χ2n) is 3.32. The Hall–Kier alpha value is -0.920. The molecule has 18 heavy (non-hydrogen) atoms. The lowest BCUT2D eigenvalue weighted by Gasteiger charge is -2.02. The van der Waals surface area contributed by atoms with Gasteiger partial charge in [0.05, 0.1) is 7.05 Å². The molecular formula is C9H11BrCl2N5O+. The standard InChI is InChI=1S/C9H10Cl2N5O.BrH/c1-15-2-3-16(6-15)4-5-17-9-13-7(10)12-8(11)14-9;/h2-3,6H,4-5H2,1H3;1H/q+1;. The number of imidazole rings is 1. The molecule has 0 unspecified atom stereocenters. The molecule has 0 saturated heterocycles. The predicted molar refractivity (Wildman–Crippen MR) is 71.3 cm³/mol. The molecule has 0 amide bonds. The Labute approximate surface area is 124 Å². The molecular weight excluding hydrogens is 345 g/mol. The topological polar surface area (TPSA) is 56.7 Å². The highest BCUT2D eigenvalue weighted by atomic mass is 79.9. The first-order valence-electron chi connectivity index (χ1n) is 4.84. The van der Waals surface area contributed by atoms with Crippen LogP contribution in [0, 0.1) is 0 Å². The van der Waals surface area contributed by atoms with Crippen molar-refractivity contribution in [3.05, 3.63) is 29.3 Å². The highest BCUT2D eigenvalue weighted by Gasteiger charge is 2.05. The minimum atomic E-state index is 0. The summed E-state index contributed by atoms with van der Waals surface area (Å²) in [5, 5.41) is 0.0414. The van der Waals surface area contributed by atoms with E-state index in [0.717, 1.165) is 0 Å². The van der Waals surface area contributed by atoms with Gasteiger partial charge in [-0.05, 0) is 23.2 Å². The van der Waals surface area contributed by atoms with Crippen molar-refractivity contribution < 1.29 is 9.30 Å². The Morgan fingerprint density at radius 3 is 2.50 bits per heavy atom. The molecule has 2 aromatic rings. The Kier molecular flexibility index (Phi) is 5.77. The maximum Gasteiger partial charge on any atom is 0.322 e. The Morgan fingerprint density at radius 2 is 1.94 bits per heavy atom. The van der Waals surface area contributed by atoms with Gasteiger partial charge in [0.2, 0.25) is 16.9 Å². The van der Waals surface area contributed by atoms with Gasteiger partial charge in [-0.25, -0.2) is 9.13 Å². The lowest BCUT2D eigenvalue weighted by atomic mass is 10.6. The first-order valence-corrected chi connectivity index (χ1v) is 5.60. The quantitative estimate of drug-likeness (QED) is 0.779. The highest BCUT2D eigenvalue weighted by Crippen LogP contribution is 2.11. The van der Waals surface area contributed by atoms with E-state index >= 15 is 0 Å². The molecule has 6 nitrogen and oxygen atoms in total. The summed E-state index contributed by atoms with van der Waals surface area (Å²) in [7, 11) is 1.95. The fraction of sp³-hybridized carbons (Fsp3) is 0.333. The van der Waals surface area contributed by atoms with Gasteiger partial charge in [0.1, 0.15) is 25.5 Å². The monoisotopic (exact) mass is 354 g/mol. The molecule has 2 rings (SSSR count). The number of aryl methyl sites for hydroxylation is 1. The summed E-state index contributed by atoms with van der Waals surface area (Å²) in [6.45, 7) is 1.10. The van der Waals surface area contributed by atoms with E-state index in [0.29, 0.717) is 13.2 Å². The molecule has 9 heteroatoms. The molecule has 0 aliphatic heterocycles. The fourth-order valence-corrected chi connectivity index (χ4v) is 1.60. The highest BCUT2D eigenvalue weighted by molar-refractivity contribution is 8.93. The Morgan fingerprint density at radius 1 is 1.28 bits per heavy atom. The SMILES string of the molecule is Br.C[n+]1ccn(CCOc2nc(Cl)nc(Cl)n2)c1. The van der Waals surface area contributed by atoms with Crippen LogP contribution >= 0.6 is 40.2 Å². The fourth-order valence-electron chi connectivity index (χ4n) is 1.25. The predicted octanol–water partition coefficient (Wildman–Crippen LogP) is 1.46. The van der Waals surface area contributed by atoms with Crippen LogP contribution in [0.5, 0.6) is 6.01 Å². The van der Waals surface area contributed by atoms with Crippen LogP contribution in [0.2, 0.25) is 10.6 Å². The molecule has 0 aliphatic carbocycles. The normalized spacial score (nSPS) is 9.94. The third-order valence-corrected chi connectivity index (χ3v) is 2.30. The van der Waals surface area contributed by atoms with E-state index in [1.165, 1.54) is 0 Å². The molecule has 0 radical (unpaired) electrons. The zero-order valence-electron chi connectivity index (χ0n) is 9.45. The van der Waals surface area contributed by atoms with Gasteiger partial charge in [-0.2, -0.15) is 15.0 Å². The van der Waals surface area contributed by atoms with E-state index in [2.05, 4.69) is 15.0 Å². The van der Waals surface area contributed by atoms with E-state index in [4.69, 9.17) is 27.9 Å². The minimum Gasteiger partial charge on any atom is -0.459 e. The maximum absolute atomic E-state index is 5.61. The van der Waals surface area contributed by atoms with E-state index in [1.54, 1.807) is 0 Å². The largest absolute Gasteiger partial charge is 0.459 e. The molecule has 98 valence electrons. The van der Waals surface area contributed by atoms with Gasteiger partial charge < -0.3 is 4.74 Å². The van der Waals surface area contributed by atoms with Crippen molar-refractivity contribution in [1.29, 1.82) is 0 Å². The van der Waals surface area contributed by atoms with Gasteiger partial charge in [0.25, 0.3) is 0 Å². The molecule has 2 heterocycles. The number of halogens is 3. The van der Waals surface area contributed by atoms with Crippen LogP contribution < -0.4 is 9.30 Å². The number of hydrogen-bond donors (Lipinski definition) is 0. The van der Waals surface area contributed by atoms with Gasteiger partial charge in [-0.1, -0.05) is 0 Å². The number of rotatable bonds is 4. The lowest BCUT2D eigenvalue weighted by Crippen LogP contribution is -2.24. The second-order valence-corrected chi connectivity index (χ2v) is 4.00. The van der Waals surface area contributed by atoms with Gasteiger partial charge in [0.15, 0.2) is 0 Å². The summed E-state index contributed by atoms with van der Waals surface area (Å²) in [4.78, 5) is 11.2. The van der Waals surface area contributed by atoms with Crippen molar-refractivity contribution >= 4 is 40.2 Å². The van der Waals surface area contributed by atoms with Crippen LogP contribution in [-0.4, -0.2) is 26.1 Å². The summed E-state index contributed by atoms with van der Waals surface area (Å²) >= 11 is 11.2. The average Bonchev–Trinajstić information content (AvgIpc) is 2.63. The van der Waals surface area contributed by atoms with Crippen LogP contribution in [0.15, 0.2) is 18.7 Å². The molecule has 0 saturated carbocycles. The molecule has 0 bridgehead atoms. The van der Waals surface area contributed by atoms with E-state index in [9.17, 15) is 0 Å². The third kappa shape index (κ3) is 4.40. The molecule has 0 spiro atoms. The zero-order valence-corrected chi connectivity index (χ0v) is 12.7. The van der Waals surface area contributed by atoms with Crippen LogP contribution in [0.4, 0.5) is 0 Å². The van der Waals surface area contributed by atoms with Crippen molar-refractivity contribution in [2.75, 3.05) is 6.61 Å². The van der Waals surface area contributed by atoms with Crippen molar-refractivity contribution in [3.63, 3.8) is 0 Å². The first-order chi connectivity index (χ1) is 8.13. The zero-order chi connectivity index (χ0) is 12.3. The van der Waals surface area contributed by atoms with Crippen molar-refractivity contribution in [1.82, 2.24) is 19.5 Å². The second kappa shape index (κ2) is 6.86. The molecule has 0 N–H and O–H groups in total. The first kappa shape index (κ1) is 15.1.